The van der Waals surface area contributed by atoms with Crippen LogP contribution in [0.2, 0.25) is 0 Å². The third kappa shape index (κ3) is 3.47. The molecule has 0 radical (unpaired) electrons. The quantitative estimate of drug-likeness (QED) is 0.758. The van der Waals surface area contributed by atoms with Crippen molar-refractivity contribution in [2.24, 2.45) is 5.10 Å². The molecule has 2 heterocycles. The lowest BCUT2D eigenvalue weighted by Gasteiger charge is -2.30. The molecular formula is C11H18ClN3S. The van der Waals surface area contributed by atoms with Gasteiger partial charge in [-0.05, 0) is 31.0 Å². The number of hydrogen-bond donors (Lipinski definition) is 0. The lowest BCUT2D eigenvalue weighted by molar-refractivity contribution is 0.159. The van der Waals surface area contributed by atoms with E-state index in [1.54, 1.807) is 11.3 Å². The average molecular weight is 260 g/mol. The van der Waals surface area contributed by atoms with Crippen molar-refractivity contribution in [3.8, 4) is 0 Å². The molecule has 2 rings (SSSR count). The highest BCUT2D eigenvalue weighted by molar-refractivity contribution is 7.11. The first-order valence-corrected chi connectivity index (χ1v) is 6.15. The first-order chi connectivity index (χ1) is 7.25. The summed E-state index contributed by atoms with van der Waals surface area (Å²) < 4.78 is 0. The van der Waals surface area contributed by atoms with E-state index < -0.39 is 0 Å². The van der Waals surface area contributed by atoms with E-state index >= 15 is 0 Å². The SMILES string of the molecule is Cc1ccsc1/C=N/N1CCN(C)CC1.Cl. The van der Waals surface area contributed by atoms with Gasteiger partial charge in [-0.2, -0.15) is 5.10 Å². The molecule has 16 heavy (non-hydrogen) atoms. The zero-order chi connectivity index (χ0) is 10.7. The van der Waals surface area contributed by atoms with Crippen molar-refractivity contribution in [2.75, 3.05) is 33.2 Å². The van der Waals surface area contributed by atoms with Crippen LogP contribution in [0.1, 0.15) is 10.4 Å². The molecule has 0 atom stereocenters. The Morgan fingerprint density at radius 2 is 2.00 bits per heavy atom. The minimum atomic E-state index is 0. The molecule has 0 aromatic carbocycles. The Balaban J connectivity index is 0.00000128. The molecule has 0 saturated carbocycles. The van der Waals surface area contributed by atoms with E-state index in [0.717, 1.165) is 26.2 Å². The summed E-state index contributed by atoms with van der Waals surface area (Å²) >= 11 is 1.75. The Kier molecular flexibility index (Phi) is 5.25. The van der Waals surface area contributed by atoms with Gasteiger partial charge in [-0.15, -0.1) is 23.7 Å². The van der Waals surface area contributed by atoms with Gasteiger partial charge in [0, 0.05) is 31.1 Å². The van der Waals surface area contributed by atoms with Gasteiger partial charge in [0.05, 0.1) is 6.21 Å². The molecule has 1 fully saturated rings. The highest BCUT2D eigenvalue weighted by Crippen LogP contribution is 2.13. The van der Waals surface area contributed by atoms with Crippen LogP contribution in [0.25, 0.3) is 0 Å². The van der Waals surface area contributed by atoms with Crippen LogP contribution in [0, 0.1) is 6.92 Å². The molecule has 1 aliphatic heterocycles. The van der Waals surface area contributed by atoms with Crippen LogP contribution in [0.15, 0.2) is 16.5 Å². The van der Waals surface area contributed by atoms with Crippen molar-refractivity contribution in [2.45, 2.75) is 6.92 Å². The maximum Gasteiger partial charge on any atom is 0.0645 e. The molecule has 1 aromatic heterocycles. The maximum atomic E-state index is 4.51. The zero-order valence-corrected chi connectivity index (χ0v) is 11.4. The van der Waals surface area contributed by atoms with E-state index in [-0.39, 0.29) is 12.4 Å². The van der Waals surface area contributed by atoms with Crippen LogP contribution in [-0.2, 0) is 0 Å². The van der Waals surface area contributed by atoms with Crippen LogP contribution in [0.5, 0.6) is 0 Å². The molecule has 1 aromatic rings. The fourth-order valence-corrected chi connectivity index (χ4v) is 2.34. The Bertz CT molecular complexity index is 343. The van der Waals surface area contributed by atoms with Gasteiger partial charge in [0.1, 0.15) is 0 Å². The second-order valence-corrected chi connectivity index (χ2v) is 4.92. The van der Waals surface area contributed by atoms with Crippen molar-refractivity contribution in [1.82, 2.24) is 9.91 Å². The molecule has 0 unspecified atom stereocenters. The summed E-state index contributed by atoms with van der Waals surface area (Å²) in [7, 11) is 2.16. The standard InChI is InChI=1S/C11H17N3S.ClH/c1-10-3-8-15-11(10)9-12-14-6-4-13(2)5-7-14;/h3,8-9H,4-7H2,1-2H3;1H/b12-9+;. The van der Waals surface area contributed by atoms with Gasteiger partial charge < -0.3 is 4.90 Å². The lowest BCUT2D eigenvalue weighted by atomic mass is 10.3. The third-order valence-electron chi connectivity index (χ3n) is 2.72. The summed E-state index contributed by atoms with van der Waals surface area (Å²) in [6.45, 7) is 6.43. The van der Waals surface area contributed by atoms with Gasteiger partial charge in [0.25, 0.3) is 0 Å². The van der Waals surface area contributed by atoms with Crippen LogP contribution < -0.4 is 0 Å². The van der Waals surface area contributed by atoms with E-state index in [0.29, 0.717) is 0 Å². The van der Waals surface area contributed by atoms with E-state index in [1.807, 2.05) is 6.21 Å². The fraction of sp³-hybridized carbons (Fsp3) is 0.545. The molecule has 5 heteroatoms. The minimum absolute atomic E-state index is 0. The molecule has 1 aliphatic rings. The number of rotatable bonds is 2. The average Bonchev–Trinajstić information content (AvgIpc) is 2.63. The third-order valence-corrected chi connectivity index (χ3v) is 3.67. The predicted octanol–water partition coefficient (Wildman–Crippen LogP) is 2.06. The molecule has 0 aliphatic carbocycles. The number of piperazine rings is 1. The molecule has 0 bridgehead atoms. The molecule has 0 amide bonds. The minimum Gasteiger partial charge on any atom is -0.303 e. The highest BCUT2D eigenvalue weighted by atomic mass is 35.5. The Labute approximate surface area is 107 Å². The van der Waals surface area contributed by atoms with E-state index in [4.69, 9.17) is 0 Å². The number of hydrogen-bond acceptors (Lipinski definition) is 4. The Morgan fingerprint density at radius 3 is 2.56 bits per heavy atom. The predicted molar refractivity (Wildman–Crippen MR) is 73.0 cm³/mol. The van der Waals surface area contributed by atoms with Crippen LogP contribution in [0.3, 0.4) is 0 Å². The van der Waals surface area contributed by atoms with Crippen molar-refractivity contribution in [3.05, 3.63) is 21.9 Å². The largest absolute Gasteiger partial charge is 0.303 e. The van der Waals surface area contributed by atoms with Crippen molar-refractivity contribution in [1.29, 1.82) is 0 Å². The summed E-state index contributed by atoms with van der Waals surface area (Å²) in [4.78, 5) is 3.61. The topological polar surface area (TPSA) is 18.8 Å². The number of hydrazone groups is 1. The van der Waals surface area contributed by atoms with Gasteiger partial charge in [0.15, 0.2) is 0 Å². The second-order valence-electron chi connectivity index (χ2n) is 3.97. The van der Waals surface area contributed by atoms with Crippen LogP contribution >= 0.6 is 23.7 Å². The molecule has 0 N–H and O–H groups in total. The molecular weight excluding hydrogens is 242 g/mol. The van der Waals surface area contributed by atoms with Gasteiger partial charge in [0.2, 0.25) is 0 Å². The van der Waals surface area contributed by atoms with Gasteiger partial charge in [-0.25, -0.2) is 0 Å². The van der Waals surface area contributed by atoms with Crippen molar-refractivity contribution >= 4 is 30.0 Å². The van der Waals surface area contributed by atoms with E-state index in [9.17, 15) is 0 Å². The van der Waals surface area contributed by atoms with Crippen LogP contribution in [0.4, 0.5) is 0 Å². The first-order valence-electron chi connectivity index (χ1n) is 5.27. The van der Waals surface area contributed by atoms with Gasteiger partial charge >= 0.3 is 0 Å². The van der Waals surface area contributed by atoms with Crippen molar-refractivity contribution < 1.29 is 0 Å². The van der Waals surface area contributed by atoms with Crippen molar-refractivity contribution in [3.63, 3.8) is 0 Å². The fourth-order valence-electron chi connectivity index (χ4n) is 1.56. The molecule has 1 saturated heterocycles. The summed E-state index contributed by atoms with van der Waals surface area (Å²) in [6, 6.07) is 2.13. The molecule has 3 nitrogen and oxygen atoms in total. The smallest absolute Gasteiger partial charge is 0.0645 e. The first kappa shape index (κ1) is 13.5. The number of thiophene rings is 1. The normalized spacial score (nSPS) is 17.8. The molecule has 90 valence electrons. The van der Waals surface area contributed by atoms with E-state index in [1.165, 1.54) is 10.4 Å². The summed E-state index contributed by atoms with van der Waals surface area (Å²) in [5.74, 6) is 0. The number of likely N-dealkylation sites (N-methyl/N-ethyl adjacent to an activating group) is 1. The van der Waals surface area contributed by atoms with E-state index in [2.05, 4.69) is 40.4 Å². The summed E-state index contributed by atoms with van der Waals surface area (Å²) in [5, 5.41) is 8.78. The molecule has 0 spiro atoms. The second kappa shape index (κ2) is 6.23. The number of halogens is 1. The number of nitrogens with zero attached hydrogens (tertiary/aromatic N) is 3. The lowest BCUT2D eigenvalue weighted by Crippen LogP contribution is -2.41. The maximum absolute atomic E-state index is 4.51. The monoisotopic (exact) mass is 259 g/mol. The highest BCUT2D eigenvalue weighted by Gasteiger charge is 2.10. The Morgan fingerprint density at radius 1 is 1.31 bits per heavy atom. The Hall–Kier alpha value is -0.580. The van der Waals surface area contributed by atoms with Gasteiger partial charge in [-0.1, -0.05) is 0 Å². The number of aryl methyl sites for hydroxylation is 1. The zero-order valence-electron chi connectivity index (χ0n) is 9.72. The summed E-state index contributed by atoms with van der Waals surface area (Å²) in [6.07, 6.45) is 1.99. The summed E-state index contributed by atoms with van der Waals surface area (Å²) in [5.41, 5.74) is 1.32. The van der Waals surface area contributed by atoms with Gasteiger partial charge in [-0.3, -0.25) is 5.01 Å². The van der Waals surface area contributed by atoms with Crippen LogP contribution in [-0.4, -0.2) is 49.4 Å².